The molecule has 0 aliphatic carbocycles. The molecule has 118 valence electrons. The van der Waals surface area contributed by atoms with Gasteiger partial charge in [0.25, 0.3) is 0 Å². The van der Waals surface area contributed by atoms with Crippen LogP contribution in [0.3, 0.4) is 0 Å². The van der Waals surface area contributed by atoms with Crippen LogP contribution in [0.2, 0.25) is 0 Å². The molecule has 0 spiro atoms. The summed E-state index contributed by atoms with van der Waals surface area (Å²) in [5, 5.41) is 4.75. The zero-order valence-electron chi connectivity index (χ0n) is 13.9. The summed E-state index contributed by atoms with van der Waals surface area (Å²) >= 11 is 0. The van der Waals surface area contributed by atoms with E-state index in [0.717, 1.165) is 18.5 Å². The second kappa shape index (κ2) is 7.40. The number of benzene rings is 1. The quantitative estimate of drug-likeness (QED) is 0.630. The van der Waals surface area contributed by atoms with Crippen LogP contribution in [-0.2, 0) is 33.9 Å². The van der Waals surface area contributed by atoms with E-state index in [-0.39, 0.29) is 21.1 Å². The molecule has 1 aromatic carbocycles. The molecule has 0 bridgehead atoms. The largest absolute Gasteiger partial charge is 0.266 e. The van der Waals surface area contributed by atoms with Crippen molar-refractivity contribution in [2.24, 2.45) is 0 Å². The standard InChI is InChI=1S/C18H26N2.Pt/c1-7-15-10-9-11-16(8-2)18(15)17-13(5)19-20(12(3)4)14(17)6;/h9-12H,7-8H2,1-6H3;. The van der Waals surface area contributed by atoms with E-state index in [1.807, 2.05) is 0 Å². The van der Waals surface area contributed by atoms with Crippen LogP contribution in [0, 0.1) is 13.8 Å². The van der Waals surface area contributed by atoms with Gasteiger partial charge in [-0.1, -0.05) is 32.0 Å². The van der Waals surface area contributed by atoms with Crippen LogP contribution in [0.15, 0.2) is 18.2 Å². The number of aryl methyl sites for hydroxylation is 3. The fourth-order valence-corrected chi connectivity index (χ4v) is 3.09. The number of hydrogen-bond acceptors (Lipinski definition) is 1. The summed E-state index contributed by atoms with van der Waals surface area (Å²) in [6, 6.07) is 7.08. The van der Waals surface area contributed by atoms with Crippen LogP contribution in [0.1, 0.15) is 56.3 Å². The zero-order chi connectivity index (χ0) is 14.9. The molecule has 1 aromatic heterocycles. The second-order valence-corrected chi connectivity index (χ2v) is 5.74. The van der Waals surface area contributed by atoms with Crippen molar-refractivity contribution in [3.63, 3.8) is 0 Å². The molecule has 2 nitrogen and oxygen atoms in total. The maximum atomic E-state index is 4.75. The van der Waals surface area contributed by atoms with Crippen LogP contribution >= 0.6 is 0 Å². The van der Waals surface area contributed by atoms with Crippen molar-refractivity contribution in [2.45, 2.75) is 60.4 Å². The molecule has 2 rings (SSSR count). The van der Waals surface area contributed by atoms with Crippen LogP contribution in [0.5, 0.6) is 0 Å². The average Bonchev–Trinajstić information content (AvgIpc) is 2.73. The van der Waals surface area contributed by atoms with Gasteiger partial charge in [-0.3, -0.25) is 4.68 Å². The molecular weight excluding hydrogens is 439 g/mol. The van der Waals surface area contributed by atoms with Gasteiger partial charge in [0.15, 0.2) is 0 Å². The van der Waals surface area contributed by atoms with Crippen molar-refractivity contribution < 1.29 is 21.1 Å². The maximum absolute atomic E-state index is 4.75. The van der Waals surface area contributed by atoms with E-state index in [1.54, 1.807) is 0 Å². The minimum atomic E-state index is 0. The molecule has 0 N–H and O–H groups in total. The minimum absolute atomic E-state index is 0. The smallest absolute Gasteiger partial charge is 0.0675 e. The molecule has 1 heterocycles. The van der Waals surface area contributed by atoms with Gasteiger partial charge in [0.2, 0.25) is 0 Å². The summed E-state index contributed by atoms with van der Waals surface area (Å²) in [7, 11) is 0. The fourth-order valence-electron chi connectivity index (χ4n) is 3.09. The number of aromatic nitrogens is 2. The minimum Gasteiger partial charge on any atom is -0.266 e. The van der Waals surface area contributed by atoms with Crippen LogP contribution in [-0.4, -0.2) is 9.78 Å². The summed E-state index contributed by atoms with van der Waals surface area (Å²) in [4.78, 5) is 0. The number of hydrogen-bond donors (Lipinski definition) is 0. The van der Waals surface area contributed by atoms with Crippen LogP contribution in [0.4, 0.5) is 0 Å². The SMILES string of the molecule is CCc1cccc(CC)c1-c1c(C)nn(C(C)C)c1C.[Pt]. The van der Waals surface area contributed by atoms with E-state index < -0.39 is 0 Å². The topological polar surface area (TPSA) is 17.8 Å². The van der Waals surface area contributed by atoms with Gasteiger partial charge < -0.3 is 0 Å². The van der Waals surface area contributed by atoms with Gasteiger partial charge in [0.05, 0.1) is 5.69 Å². The summed E-state index contributed by atoms with van der Waals surface area (Å²) in [6.45, 7) is 13.2. The van der Waals surface area contributed by atoms with Gasteiger partial charge in [0, 0.05) is 38.4 Å². The van der Waals surface area contributed by atoms with Crippen molar-refractivity contribution in [3.05, 3.63) is 40.7 Å². The average molecular weight is 465 g/mol. The molecule has 0 aliphatic heterocycles. The molecule has 0 amide bonds. The Labute approximate surface area is 143 Å². The fraction of sp³-hybridized carbons (Fsp3) is 0.500. The molecular formula is C18H26N2Pt. The molecule has 0 atom stereocenters. The first-order chi connectivity index (χ1) is 9.51. The molecule has 21 heavy (non-hydrogen) atoms. The summed E-state index contributed by atoms with van der Waals surface area (Å²) < 4.78 is 2.15. The van der Waals surface area contributed by atoms with Gasteiger partial charge in [0.1, 0.15) is 0 Å². The monoisotopic (exact) mass is 465 g/mol. The van der Waals surface area contributed by atoms with Gasteiger partial charge in [-0.05, 0) is 57.2 Å². The predicted octanol–water partition coefficient (Wildman–Crippen LogP) is 4.87. The first-order valence-electron chi connectivity index (χ1n) is 7.68. The van der Waals surface area contributed by atoms with Gasteiger partial charge in [-0.15, -0.1) is 0 Å². The Balaban J connectivity index is 0.00000220. The Morgan fingerprint density at radius 3 is 1.90 bits per heavy atom. The van der Waals surface area contributed by atoms with E-state index in [4.69, 9.17) is 5.10 Å². The van der Waals surface area contributed by atoms with Crippen LogP contribution in [0.25, 0.3) is 11.1 Å². The van der Waals surface area contributed by atoms with Crippen molar-refractivity contribution in [1.29, 1.82) is 0 Å². The molecule has 0 aliphatic rings. The summed E-state index contributed by atoms with van der Waals surface area (Å²) in [5.41, 5.74) is 8.05. The summed E-state index contributed by atoms with van der Waals surface area (Å²) in [6.07, 6.45) is 2.13. The van der Waals surface area contributed by atoms with E-state index in [1.165, 1.54) is 27.9 Å². The molecule has 0 fully saturated rings. The van der Waals surface area contributed by atoms with Crippen molar-refractivity contribution in [3.8, 4) is 11.1 Å². The Morgan fingerprint density at radius 1 is 1.00 bits per heavy atom. The van der Waals surface area contributed by atoms with E-state index >= 15 is 0 Å². The number of nitrogens with zero attached hydrogens (tertiary/aromatic N) is 2. The van der Waals surface area contributed by atoms with Gasteiger partial charge in [-0.2, -0.15) is 5.10 Å². The van der Waals surface area contributed by atoms with Crippen molar-refractivity contribution in [2.75, 3.05) is 0 Å². The molecule has 0 saturated heterocycles. The van der Waals surface area contributed by atoms with Gasteiger partial charge >= 0.3 is 0 Å². The Hall–Kier alpha value is -0.882. The Bertz CT molecular complexity index is 590. The number of rotatable bonds is 4. The Kier molecular flexibility index (Phi) is 6.40. The third-order valence-electron chi connectivity index (χ3n) is 4.06. The molecule has 0 unspecified atom stereocenters. The first-order valence-corrected chi connectivity index (χ1v) is 7.68. The molecule has 3 heteroatoms. The predicted molar refractivity (Wildman–Crippen MR) is 86.3 cm³/mol. The van der Waals surface area contributed by atoms with Crippen molar-refractivity contribution in [1.82, 2.24) is 9.78 Å². The van der Waals surface area contributed by atoms with Crippen LogP contribution < -0.4 is 0 Å². The maximum Gasteiger partial charge on any atom is 0.0675 e. The molecule has 0 radical (unpaired) electrons. The first kappa shape index (κ1) is 18.2. The second-order valence-electron chi connectivity index (χ2n) is 5.74. The normalized spacial score (nSPS) is 10.8. The Morgan fingerprint density at radius 2 is 1.52 bits per heavy atom. The van der Waals surface area contributed by atoms with Gasteiger partial charge in [-0.25, -0.2) is 0 Å². The third kappa shape index (κ3) is 3.31. The zero-order valence-corrected chi connectivity index (χ0v) is 16.2. The van der Waals surface area contributed by atoms with E-state index in [2.05, 4.69) is 64.4 Å². The van der Waals surface area contributed by atoms with E-state index in [0.29, 0.717) is 6.04 Å². The van der Waals surface area contributed by atoms with E-state index in [9.17, 15) is 0 Å². The third-order valence-corrected chi connectivity index (χ3v) is 4.06. The molecule has 2 aromatic rings. The van der Waals surface area contributed by atoms with Crippen molar-refractivity contribution >= 4 is 0 Å². The summed E-state index contributed by atoms with van der Waals surface area (Å²) in [5.74, 6) is 0. The molecule has 0 saturated carbocycles.